The second-order valence-electron chi connectivity index (χ2n) is 7.45. The van der Waals surface area contributed by atoms with E-state index in [4.69, 9.17) is 0 Å². The number of hydrogen-bond donors (Lipinski definition) is 1. The first-order valence-electron chi connectivity index (χ1n) is 8.68. The molecule has 23 heavy (non-hydrogen) atoms. The summed E-state index contributed by atoms with van der Waals surface area (Å²) in [5.41, 5.74) is 3.30. The fourth-order valence-electron chi connectivity index (χ4n) is 3.60. The predicted molar refractivity (Wildman–Crippen MR) is 93.1 cm³/mol. The van der Waals surface area contributed by atoms with E-state index in [2.05, 4.69) is 72.2 Å². The van der Waals surface area contributed by atoms with Crippen molar-refractivity contribution in [2.24, 2.45) is 12.5 Å². The highest BCUT2D eigenvalue weighted by Crippen LogP contribution is 2.39. The van der Waals surface area contributed by atoms with Crippen molar-refractivity contribution in [1.29, 1.82) is 0 Å². The highest BCUT2D eigenvalue weighted by atomic mass is 15.3. The average Bonchev–Trinajstić information content (AvgIpc) is 2.83. The summed E-state index contributed by atoms with van der Waals surface area (Å²) in [5.74, 6) is 2.06. The van der Waals surface area contributed by atoms with E-state index in [1.165, 1.54) is 24.0 Å². The number of fused-ring (bicyclic) bond motifs is 1. The summed E-state index contributed by atoms with van der Waals surface area (Å²) in [6.45, 7) is 7.64. The molecule has 1 aromatic carbocycles. The summed E-state index contributed by atoms with van der Waals surface area (Å²) in [7, 11) is 2.06. The van der Waals surface area contributed by atoms with Crippen LogP contribution in [-0.2, 0) is 26.4 Å². The Morgan fingerprint density at radius 3 is 2.70 bits per heavy atom. The van der Waals surface area contributed by atoms with E-state index < -0.39 is 0 Å². The number of aryl methyl sites for hydroxylation is 2. The molecule has 0 spiro atoms. The summed E-state index contributed by atoms with van der Waals surface area (Å²) in [4.78, 5) is 0. The quantitative estimate of drug-likeness (QED) is 0.878. The maximum absolute atomic E-state index is 4.34. The van der Waals surface area contributed by atoms with Gasteiger partial charge in [-0.2, -0.15) is 0 Å². The molecule has 2 aromatic rings. The summed E-state index contributed by atoms with van der Waals surface area (Å²) < 4.78 is 2.11. The van der Waals surface area contributed by atoms with Crippen molar-refractivity contribution in [3.63, 3.8) is 0 Å². The summed E-state index contributed by atoms with van der Waals surface area (Å²) in [6, 6.07) is 9.25. The number of aromatic nitrogens is 3. The average molecular weight is 312 g/mol. The zero-order chi connectivity index (χ0) is 16.4. The van der Waals surface area contributed by atoms with Gasteiger partial charge in [0, 0.05) is 19.5 Å². The first-order chi connectivity index (χ1) is 11.0. The Balaban J connectivity index is 1.80. The van der Waals surface area contributed by atoms with E-state index in [0.717, 1.165) is 31.0 Å². The topological polar surface area (TPSA) is 42.7 Å². The summed E-state index contributed by atoms with van der Waals surface area (Å²) >= 11 is 0. The summed E-state index contributed by atoms with van der Waals surface area (Å²) in [6.07, 6.45) is 4.49. The van der Waals surface area contributed by atoms with Gasteiger partial charge in [-0.1, -0.05) is 45.0 Å². The van der Waals surface area contributed by atoms with Gasteiger partial charge in [-0.05, 0) is 35.8 Å². The molecule has 1 atom stereocenters. The van der Waals surface area contributed by atoms with Crippen molar-refractivity contribution in [1.82, 2.24) is 20.1 Å². The van der Waals surface area contributed by atoms with Gasteiger partial charge in [0.1, 0.15) is 11.6 Å². The fraction of sp³-hybridized carbons (Fsp3) is 0.579. The van der Waals surface area contributed by atoms with Crippen LogP contribution < -0.4 is 5.32 Å². The third kappa shape index (κ3) is 3.47. The number of rotatable bonds is 4. The van der Waals surface area contributed by atoms with Gasteiger partial charge in [0.15, 0.2) is 0 Å². The van der Waals surface area contributed by atoms with E-state index in [-0.39, 0.29) is 0 Å². The van der Waals surface area contributed by atoms with Gasteiger partial charge >= 0.3 is 0 Å². The Morgan fingerprint density at radius 2 is 1.96 bits per heavy atom. The van der Waals surface area contributed by atoms with Crippen molar-refractivity contribution in [3.8, 4) is 0 Å². The fourth-order valence-corrected chi connectivity index (χ4v) is 3.60. The van der Waals surface area contributed by atoms with E-state index in [9.17, 15) is 0 Å². The van der Waals surface area contributed by atoms with Crippen LogP contribution in [0, 0.1) is 5.41 Å². The molecule has 0 bridgehead atoms. The van der Waals surface area contributed by atoms with E-state index in [1.54, 1.807) is 0 Å². The van der Waals surface area contributed by atoms with Crippen molar-refractivity contribution < 1.29 is 0 Å². The molecule has 0 saturated heterocycles. The molecule has 124 valence electrons. The van der Waals surface area contributed by atoms with Crippen LogP contribution in [0.4, 0.5) is 0 Å². The van der Waals surface area contributed by atoms with Crippen molar-refractivity contribution in [3.05, 3.63) is 47.0 Å². The minimum absolute atomic E-state index is 0.352. The lowest BCUT2D eigenvalue weighted by atomic mass is 9.83. The number of nitrogens with one attached hydrogen (secondary N) is 1. The van der Waals surface area contributed by atoms with Gasteiger partial charge in [-0.15, -0.1) is 10.2 Å². The van der Waals surface area contributed by atoms with Gasteiger partial charge in [-0.25, -0.2) is 0 Å². The van der Waals surface area contributed by atoms with Gasteiger partial charge < -0.3 is 9.88 Å². The highest BCUT2D eigenvalue weighted by molar-refractivity contribution is 5.31. The molecule has 1 unspecified atom stereocenters. The van der Waals surface area contributed by atoms with Gasteiger partial charge in [0.25, 0.3) is 0 Å². The Labute approximate surface area is 139 Å². The molecule has 1 aromatic heterocycles. The maximum Gasteiger partial charge on any atom is 0.146 e. The second-order valence-corrected chi connectivity index (χ2v) is 7.45. The lowest BCUT2D eigenvalue weighted by molar-refractivity contribution is 0.271. The molecule has 1 aliphatic rings. The zero-order valence-electron chi connectivity index (χ0n) is 14.8. The maximum atomic E-state index is 4.34. The molecular weight excluding hydrogens is 284 g/mol. The van der Waals surface area contributed by atoms with Crippen LogP contribution in [-0.4, -0.2) is 14.8 Å². The largest absolute Gasteiger partial charge is 0.317 e. The van der Waals surface area contributed by atoms with Gasteiger partial charge in [-0.3, -0.25) is 0 Å². The number of benzene rings is 1. The zero-order valence-corrected chi connectivity index (χ0v) is 14.8. The van der Waals surface area contributed by atoms with Crippen LogP contribution in [0.1, 0.15) is 62.4 Å². The van der Waals surface area contributed by atoms with Crippen LogP contribution in [0.3, 0.4) is 0 Å². The van der Waals surface area contributed by atoms with Crippen molar-refractivity contribution in [2.45, 2.75) is 59.0 Å². The highest BCUT2D eigenvalue weighted by Gasteiger charge is 2.29. The first kappa shape index (κ1) is 16.2. The number of hydrogen-bond acceptors (Lipinski definition) is 3. The Bertz CT molecular complexity index is 672. The molecule has 0 aliphatic heterocycles. The van der Waals surface area contributed by atoms with Crippen molar-refractivity contribution >= 4 is 0 Å². The van der Waals surface area contributed by atoms with Crippen LogP contribution in [0.2, 0.25) is 0 Å². The van der Waals surface area contributed by atoms with Crippen LogP contribution in [0.25, 0.3) is 0 Å². The predicted octanol–water partition coefficient (Wildman–Crippen LogP) is 3.57. The van der Waals surface area contributed by atoms with Gasteiger partial charge in [0.05, 0.1) is 6.54 Å². The molecular formula is C19H28N4. The molecule has 0 amide bonds. The lowest BCUT2D eigenvalue weighted by Gasteiger charge is -2.27. The molecule has 1 N–H and O–H groups in total. The van der Waals surface area contributed by atoms with Gasteiger partial charge in [0.2, 0.25) is 0 Å². The third-order valence-corrected chi connectivity index (χ3v) is 5.14. The summed E-state index contributed by atoms with van der Waals surface area (Å²) in [5, 5.41) is 12.3. The molecule has 0 saturated carbocycles. The molecule has 0 fully saturated rings. The number of nitrogens with zero attached hydrogens (tertiary/aromatic N) is 3. The minimum atomic E-state index is 0.352. The SMILES string of the molecule is CCc1nnc(CNC2CC(C)(C)CCc3ccccc32)n1C. The van der Waals surface area contributed by atoms with Crippen LogP contribution >= 0.6 is 0 Å². The molecule has 1 heterocycles. The first-order valence-corrected chi connectivity index (χ1v) is 8.68. The van der Waals surface area contributed by atoms with Crippen molar-refractivity contribution in [2.75, 3.05) is 0 Å². The lowest BCUT2D eigenvalue weighted by Crippen LogP contribution is -2.26. The molecule has 3 rings (SSSR count). The van der Waals surface area contributed by atoms with E-state index in [0.29, 0.717) is 11.5 Å². The standard InChI is InChI=1S/C19H28N4/c1-5-17-21-22-18(23(17)4)13-20-16-12-19(2,3)11-10-14-8-6-7-9-15(14)16/h6-9,16,20H,5,10-13H2,1-4H3. The van der Waals surface area contributed by atoms with E-state index >= 15 is 0 Å². The van der Waals surface area contributed by atoms with E-state index in [1.807, 2.05) is 0 Å². The molecule has 4 heteroatoms. The second kappa shape index (κ2) is 6.44. The Kier molecular flexibility index (Phi) is 4.53. The normalized spacial score (nSPS) is 20.1. The molecule has 0 radical (unpaired) electrons. The monoisotopic (exact) mass is 312 g/mol. The van der Waals surface area contributed by atoms with Crippen LogP contribution in [0.5, 0.6) is 0 Å². The third-order valence-electron chi connectivity index (χ3n) is 5.14. The Morgan fingerprint density at radius 1 is 1.22 bits per heavy atom. The smallest absolute Gasteiger partial charge is 0.146 e. The molecule has 1 aliphatic carbocycles. The molecule has 4 nitrogen and oxygen atoms in total. The van der Waals surface area contributed by atoms with Crippen LogP contribution in [0.15, 0.2) is 24.3 Å². The Hall–Kier alpha value is -1.68. The minimum Gasteiger partial charge on any atom is -0.317 e.